The average Bonchev–Trinajstić information content (AvgIpc) is 3.24. The molecule has 3 heterocycles. The number of carbonyl (C=O) groups excluding carboxylic acids is 1. The van der Waals surface area contributed by atoms with Gasteiger partial charge < -0.3 is 14.8 Å². The number of aliphatic hydroxyl groups excluding tert-OH is 1. The maximum absolute atomic E-state index is 12.2. The second-order valence-corrected chi connectivity index (χ2v) is 5.21. The van der Waals surface area contributed by atoms with Gasteiger partial charge in [0.05, 0.1) is 19.1 Å². The van der Waals surface area contributed by atoms with Crippen LogP contribution >= 0.6 is 11.3 Å². The predicted molar refractivity (Wildman–Crippen MR) is 79.1 cm³/mol. The van der Waals surface area contributed by atoms with Gasteiger partial charge >= 0.3 is 0 Å². The molecule has 3 aromatic rings. The normalized spacial score (nSPS) is 12.0. The van der Waals surface area contributed by atoms with Crippen molar-refractivity contribution in [3.05, 3.63) is 53.8 Å². The minimum absolute atomic E-state index is 0.260. The predicted octanol–water partition coefficient (Wildman–Crippen LogP) is 1.66. The van der Waals surface area contributed by atoms with E-state index in [2.05, 4.69) is 20.3 Å². The lowest BCUT2D eigenvalue weighted by atomic mass is 10.2. The van der Waals surface area contributed by atoms with Crippen molar-refractivity contribution in [2.75, 3.05) is 6.61 Å². The number of aliphatic hydroxyl groups is 1. The van der Waals surface area contributed by atoms with Gasteiger partial charge in [0.15, 0.2) is 0 Å². The molecule has 1 amide bonds. The third-order valence-electron chi connectivity index (χ3n) is 2.89. The molecule has 0 radical (unpaired) electrons. The summed E-state index contributed by atoms with van der Waals surface area (Å²) in [5.74, 6) is 0.0991. The number of nitrogens with one attached hydrogen (secondary N) is 1. The molecule has 0 saturated carbocycles. The third kappa shape index (κ3) is 3.02. The van der Waals surface area contributed by atoms with Crippen molar-refractivity contribution in [2.45, 2.75) is 6.04 Å². The number of carbonyl (C=O) groups is 1. The molecular weight excluding hydrogens is 304 g/mol. The fourth-order valence-electron chi connectivity index (χ4n) is 1.83. The summed E-state index contributed by atoms with van der Waals surface area (Å²) >= 11 is 1.30. The summed E-state index contributed by atoms with van der Waals surface area (Å²) in [6.45, 7) is -0.263. The second-order valence-electron chi connectivity index (χ2n) is 4.35. The van der Waals surface area contributed by atoms with E-state index in [1.165, 1.54) is 17.6 Å². The van der Waals surface area contributed by atoms with Crippen molar-refractivity contribution < 1.29 is 14.3 Å². The quantitative estimate of drug-likeness (QED) is 0.742. The van der Waals surface area contributed by atoms with Gasteiger partial charge in [0, 0.05) is 17.8 Å². The molecule has 112 valence electrons. The number of aromatic nitrogens is 3. The second kappa shape index (κ2) is 6.46. The molecule has 0 aliphatic carbocycles. The zero-order valence-corrected chi connectivity index (χ0v) is 12.2. The summed E-state index contributed by atoms with van der Waals surface area (Å²) in [7, 11) is 0. The summed E-state index contributed by atoms with van der Waals surface area (Å²) in [6.07, 6.45) is 6.20. The topological polar surface area (TPSA) is 101 Å². The van der Waals surface area contributed by atoms with E-state index in [1.807, 2.05) is 0 Å². The van der Waals surface area contributed by atoms with Gasteiger partial charge in [-0.05, 0) is 12.1 Å². The van der Waals surface area contributed by atoms with Crippen LogP contribution in [0.1, 0.15) is 22.3 Å². The molecule has 8 heteroatoms. The van der Waals surface area contributed by atoms with Gasteiger partial charge in [-0.2, -0.15) is 0 Å². The molecule has 1 atom stereocenters. The Morgan fingerprint density at radius 1 is 1.45 bits per heavy atom. The summed E-state index contributed by atoms with van der Waals surface area (Å²) in [6, 6.07) is 2.77. The molecule has 7 nitrogen and oxygen atoms in total. The van der Waals surface area contributed by atoms with E-state index < -0.39 is 6.04 Å². The Balaban J connectivity index is 1.74. The molecule has 0 aromatic carbocycles. The van der Waals surface area contributed by atoms with Gasteiger partial charge in [-0.25, -0.2) is 4.98 Å². The minimum atomic E-state index is -0.607. The Labute approximate surface area is 129 Å². The van der Waals surface area contributed by atoms with Gasteiger partial charge in [-0.1, -0.05) is 0 Å². The summed E-state index contributed by atoms with van der Waals surface area (Å²) in [4.78, 5) is 24.5. The molecule has 3 aromatic heterocycles. The molecular formula is C14H12N4O3S. The van der Waals surface area contributed by atoms with E-state index in [9.17, 15) is 9.90 Å². The number of hydrogen-bond acceptors (Lipinski definition) is 7. The number of thiazole rings is 1. The highest BCUT2D eigenvalue weighted by atomic mass is 32.1. The third-order valence-corrected chi connectivity index (χ3v) is 3.76. The van der Waals surface area contributed by atoms with Crippen LogP contribution in [0.5, 0.6) is 0 Å². The minimum Gasteiger partial charge on any atom is -0.467 e. The molecule has 1 unspecified atom stereocenters. The fourth-order valence-corrected chi connectivity index (χ4v) is 2.59. The molecule has 2 N–H and O–H groups in total. The highest BCUT2D eigenvalue weighted by Gasteiger charge is 2.19. The Hall–Kier alpha value is -2.58. The van der Waals surface area contributed by atoms with Gasteiger partial charge in [-0.15, -0.1) is 11.3 Å². The molecule has 0 aliphatic heterocycles. The highest BCUT2D eigenvalue weighted by molar-refractivity contribution is 7.13. The first kappa shape index (κ1) is 14.4. The molecule has 0 aliphatic rings. The maximum atomic E-state index is 12.2. The van der Waals surface area contributed by atoms with Crippen molar-refractivity contribution in [2.24, 2.45) is 0 Å². The van der Waals surface area contributed by atoms with E-state index >= 15 is 0 Å². The van der Waals surface area contributed by atoms with Crippen molar-refractivity contribution in [1.29, 1.82) is 0 Å². The van der Waals surface area contributed by atoms with Crippen LogP contribution in [0, 0.1) is 0 Å². The molecule has 22 heavy (non-hydrogen) atoms. The standard InChI is InChI=1S/C14H12N4O3S/c19-7-10(12-2-1-5-21-12)17-13(20)11-8-22-14(18-11)9-6-15-3-4-16-9/h1-6,8,10,19H,7H2,(H,17,20). The van der Waals surface area contributed by atoms with Crippen LogP contribution in [-0.4, -0.2) is 32.6 Å². The Kier molecular flexibility index (Phi) is 4.22. The number of nitrogens with zero attached hydrogens (tertiary/aromatic N) is 3. The lowest BCUT2D eigenvalue weighted by Gasteiger charge is -2.12. The van der Waals surface area contributed by atoms with E-state index in [0.717, 1.165) is 0 Å². The van der Waals surface area contributed by atoms with Crippen LogP contribution in [0.3, 0.4) is 0 Å². The van der Waals surface area contributed by atoms with Crippen LogP contribution in [0.4, 0.5) is 0 Å². The number of furan rings is 1. The van der Waals surface area contributed by atoms with Gasteiger partial charge in [0.1, 0.15) is 28.2 Å². The number of hydrogen-bond donors (Lipinski definition) is 2. The van der Waals surface area contributed by atoms with Crippen molar-refractivity contribution in [3.8, 4) is 10.7 Å². The summed E-state index contributed by atoms with van der Waals surface area (Å²) < 4.78 is 5.19. The largest absolute Gasteiger partial charge is 0.467 e. The van der Waals surface area contributed by atoms with Gasteiger partial charge in [0.25, 0.3) is 5.91 Å². The lowest BCUT2D eigenvalue weighted by Crippen LogP contribution is -2.30. The molecule has 0 spiro atoms. The molecule has 0 saturated heterocycles. The Morgan fingerprint density at radius 2 is 2.36 bits per heavy atom. The van der Waals surface area contributed by atoms with E-state index in [4.69, 9.17) is 4.42 Å². The lowest BCUT2D eigenvalue weighted by molar-refractivity contribution is 0.0903. The zero-order chi connectivity index (χ0) is 15.4. The van der Waals surface area contributed by atoms with Crippen molar-refractivity contribution in [1.82, 2.24) is 20.3 Å². The first-order valence-electron chi connectivity index (χ1n) is 6.45. The van der Waals surface area contributed by atoms with Crippen LogP contribution in [-0.2, 0) is 0 Å². The monoisotopic (exact) mass is 316 g/mol. The fraction of sp³-hybridized carbons (Fsp3) is 0.143. The maximum Gasteiger partial charge on any atom is 0.271 e. The number of rotatable bonds is 5. The van der Waals surface area contributed by atoms with Crippen LogP contribution in [0.25, 0.3) is 10.7 Å². The first-order valence-corrected chi connectivity index (χ1v) is 7.33. The SMILES string of the molecule is O=C(NC(CO)c1ccco1)c1csc(-c2cnccn2)n1. The molecule has 0 fully saturated rings. The Morgan fingerprint density at radius 3 is 3.05 bits per heavy atom. The molecule has 3 rings (SSSR count). The van der Waals surface area contributed by atoms with Gasteiger partial charge in [-0.3, -0.25) is 14.8 Å². The highest BCUT2D eigenvalue weighted by Crippen LogP contribution is 2.21. The average molecular weight is 316 g/mol. The van der Waals surface area contributed by atoms with Crippen molar-refractivity contribution in [3.63, 3.8) is 0 Å². The van der Waals surface area contributed by atoms with Gasteiger partial charge in [0.2, 0.25) is 0 Å². The van der Waals surface area contributed by atoms with E-state index in [0.29, 0.717) is 16.5 Å². The zero-order valence-electron chi connectivity index (χ0n) is 11.3. The van der Waals surface area contributed by atoms with Crippen LogP contribution in [0.15, 0.2) is 46.8 Å². The van der Waals surface area contributed by atoms with E-state index in [1.54, 1.807) is 36.1 Å². The first-order chi connectivity index (χ1) is 10.8. The molecule has 0 bridgehead atoms. The summed E-state index contributed by atoms with van der Waals surface area (Å²) in [5, 5.41) is 14.3. The summed E-state index contributed by atoms with van der Waals surface area (Å²) in [5.41, 5.74) is 0.868. The van der Waals surface area contributed by atoms with Crippen LogP contribution < -0.4 is 5.32 Å². The number of amides is 1. The Bertz CT molecular complexity index is 743. The van der Waals surface area contributed by atoms with E-state index in [-0.39, 0.29) is 18.2 Å². The smallest absolute Gasteiger partial charge is 0.271 e. The van der Waals surface area contributed by atoms with Crippen molar-refractivity contribution >= 4 is 17.2 Å². The van der Waals surface area contributed by atoms with Crippen LogP contribution in [0.2, 0.25) is 0 Å².